The van der Waals surface area contributed by atoms with Gasteiger partial charge < -0.3 is 15.0 Å². The Balaban J connectivity index is 1.03. The average Bonchev–Trinajstić information content (AvgIpc) is 3.86. The normalized spacial score (nSPS) is 26.3. The van der Waals surface area contributed by atoms with Crippen LogP contribution < -0.4 is 19.8 Å². The van der Waals surface area contributed by atoms with Crippen LogP contribution in [-0.4, -0.2) is 34.6 Å². The highest BCUT2D eigenvalue weighted by Crippen LogP contribution is 2.69. The number of alkyl halides is 3. The van der Waals surface area contributed by atoms with Crippen molar-refractivity contribution in [1.82, 2.24) is 4.98 Å². The van der Waals surface area contributed by atoms with Crippen LogP contribution in [0.25, 0.3) is 10.8 Å². The molecule has 13 heteroatoms. The molecular formula is C38H28F3N3O5S2. The first kappa shape index (κ1) is 32.1. The molecular weight excluding hydrogens is 700 g/mol. The number of nitrogens with zero attached hydrogens (tertiary/aromatic N) is 1. The van der Waals surface area contributed by atoms with Crippen LogP contribution in [0.15, 0.2) is 101 Å². The third-order valence-electron chi connectivity index (χ3n) is 10.8. The van der Waals surface area contributed by atoms with Gasteiger partial charge in [-0.05, 0) is 59.9 Å². The number of imide groups is 1. The Hall–Kier alpha value is -4.88. The first-order chi connectivity index (χ1) is 24.6. The number of amides is 3. The van der Waals surface area contributed by atoms with E-state index >= 15 is 0 Å². The molecule has 4 aliphatic rings. The zero-order valence-corrected chi connectivity index (χ0v) is 28.2. The second-order valence-corrected chi connectivity index (χ2v) is 15.6. The summed E-state index contributed by atoms with van der Waals surface area (Å²) in [5.41, 5.74) is 0.415. The summed E-state index contributed by atoms with van der Waals surface area (Å²) in [6.07, 6.45) is -4.02. The Morgan fingerprint density at radius 2 is 1.63 bits per heavy atom. The van der Waals surface area contributed by atoms with Crippen LogP contribution in [0.3, 0.4) is 0 Å². The Morgan fingerprint density at radius 1 is 0.902 bits per heavy atom. The molecule has 5 aromatic rings. The quantitative estimate of drug-likeness (QED) is 0.178. The third-order valence-corrected chi connectivity index (χ3v) is 13.4. The highest BCUT2D eigenvalue weighted by Gasteiger charge is 2.70. The van der Waals surface area contributed by atoms with E-state index in [2.05, 4.69) is 10.3 Å². The second kappa shape index (κ2) is 11.8. The molecule has 2 aliphatic heterocycles. The van der Waals surface area contributed by atoms with E-state index < -0.39 is 35.4 Å². The summed E-state index contributed by atoms with van der Waals surface area (Å²) in [4.78, 5) is 58.5. The molecule has 8 nitrogen and oxygen atoms in total. The molecule has 1 aromatic heterocycles. The number of aromatic amines is 1. The number of nitrogens with one attached hydrogen (secondary N) is 2. The molecule has 0 spiro atoms. The van der Waals surface area contributed by atoms with Gasteiger partial charge in [0.2, 0.25) is 11.8 Å². The number of anilines is 2. The summed E-state index contributed by atoms with van der Waals surface area (Å²) in [7, 11) is 0. The largest absolute Gasteiger partial charge is 0.483 e. The third kappa shape index (κ3) is 5.11. The zero-order valence-electron chi connectivity index (χ0n) is 26.6. The molecule has 2 aliphatic carbocycles. The number of thioether (sulfide) groups is 1. The van der Waals surface area contributed by atoms with Crippen molar-refractivity contribution in [3.05, 3.63) is 117 Å². The molecule has 2 N–H and O–H groups in total. The molecule has 0 radical (unpaired) electrons. The summed E-state index contributed by atoms with van der Waals surface area (Å²) in [5.74, 6) is -3.24. The molecule has 258 valence electrons. The molecule has 4 aromatic carbocycles. The molecule has 51 heavy (non-hydrogen) atoms. The molecule has 1 saturated heterocycles. The summed E-state index contributed by atoms with van der Waals surface area (Å²) >= 11 is 2.61. The highest BCUT2D eigenvalue weighted by atomic mass is 32.2. The van der Waals surface area contributed by atoms with E-state index in [1.807, 2.05) is 54.6 Å². The van der Waals surface area contributed by atoms with Crippen molar-refractivity contribution in [2.75, 3.05) is 16.8 Å². The minimum atomic E-state index is -4.63. The van der Waals surface area contributed by atoms with E-state index in [0.717, 1.165) is 49.6 Å². The average molecular weight is 728 g/mol. The maximum absolute atomic E-state index is 14.1. The lowest BCUT2D eigenvalue weighted by molar-refractivity contribution is -0.137. The lowest BCUT2D eigenvalue weighted by Crippen LogP contribution is -2.42. The van der Waals surface area contributed by atoms with E-state index in [4.69, 9.17) is 4.74 Å². The molecule has 2 bridgehead atoms. The highest BCUT2D eigenvalue weighted by molar-refractivity contribution is 8.00. The fourth-order valence-corrected chi connectivity index (χ4v) is 11.9. The number of fused-ring (bicyclic) bond motifs is 10. The predicted octanol–water partition coefficient (Wildman–Crippen LogP) is 7.30. The number of hydrogen-bond donors (Lipinski definition) is 2. The van der Waals surface area contributed by atoms with Crippen molar-refractivity contribution in [3.8, 4) is 5.75 Å². The van der Waals surface area contributed by atoms with Crippen molar-refractivity contribution >= 4 is 63.0 Å². The summed E-state index contributed by atoms with van der Waals surface area (Å²) in [6, 6.07) is 25.1. The van der Waals surface area contributed by atoms with E-state index in [1.165, 1.54) is 23.9 Å². The SMILES string of the molecule is O=C(COc1ccccc1[C@@H]1c2sc(=O)[nH]c2S[C@@H]2[C@@H]3C[C@@H]([C@@H]4C(=O)N(c5cccc(C(F)(F)F)c5)C(=O)[C@@H]34)[C@H]12)Nc1cccc2ccccc12. The fourth-order valence-electron chi connectivity index (χ4n) is 8.97. The van der Waals surface area contributed by atoms with Gasteiger partial charge in [-0.3, -0.25) is 24.1 Å². The van der Waals surface area contributed by atoms with Crippen molar-refractivity contribution in [3.63, 3.8) is 0 Å². The summed E-state index contributed by atoms with van der Waals surface area (Å²) < 4.78 is 47.0. The maximum atomic E-state index is 14.1. The van der Waals surface area contributed by atoms with Gasteiger partial charge in [-0.15, -0.1) is 11.8 Å². The Kier molecular flexibility index (Phi) is 7.44. The zero-order chi connectivity index (χ0) is 35.2. The van der Waals surface area contributed by atoms with Gasteiger partial charge in [0.05, 0.1) is 28.1 Å². The van der Waals surface area contributed by atoms with Crippen LogP contribution in [-0.2, 0) is 20.6 Å². The lowest BCUT2D eigenvalue weighted by atomic mass is 9.68. The van der Waals surface area contributed by atoms with Crippen LogP contribution >= 0.6 is 23.1 Å². The van der Waals surface area contributed by atoms with E-state index in [0.29, 0.717) is 22.9 Å². The molecule has 3 fully saturated rings. The Labute approximate surface area is 297 Å². The maximum Gasteiger partial charge on any atom is 0.416 e. The number of para-hydroxylation sites is 1. The van der Waals surface area contributed by atoms with Gasteiger partial charge in [-0.1, -0.05) is 72.0 Å². The number of benzene rings is 4. The van der Waals surface area contributed by atoms with E-state index in [-0.39, 0.29) is 52.0 Å². The lowest BCUT2D eigenvalue weighted by Gasteiger charge is -2.43. The predicted molar refractivity (Wildman–Crippen MR) is 187 cm³/mol. The Morgan fingerprint density at radius 3 is 2.45 bits per heavy atom. The topological polar surface area (TPSA) is 109 Å². The number of halogens is 3. The van der Waals surface area contributed by atoms with Crippen LogP contribution in [0.2, 0.25) is 0 Å². The molecule has 3 heterocycles. The first-order valence-corrected chi connectivity index (χ1v) is 18.2. The van der Waals surface area contributed by atoms with Crippen LogP contribution in [0.5, 0.6) is 5.75 Å². The van der Waals surface area contributed by atoms with E-state index in [1.54, 1.807) is 12.1 Å². The van der Waals surface area contributed by atoms with Gasteiger partial charge in [0.15, 0.2) is 6.61 Å². The smallest absolute Gasteiger partial charge is 0.416 e. The van der Waals surface area contributed by atoms with Gasteiger partial charge >= 0.3 is 11.0 Å². The fraction of sp³-hybridized carbons (Fsp3) is 0.263. The number of hydrogen-bond acceptors (Lipinski definition) is 7. The molecule has 2 saturated carbocycles. The van der Waals surface area contributed by atoms with Crippen LogP contribution in [0, 0.1) is 29.6 Å². The van der Waals surface area contributed by atoms with Crippen molar-refractivity contribution in [1.29, 1.82) is 0 Å². The summed E-state index contributed by atoms with van der Waals surface area (Å²) in [5, 5.41) is 5.40. The Bertz CT molecular complexity index is 2320. The van der Waals surface area contributed by atoms with Gasteiger partial charge in [-0.25, -0.2) is 0 Å². The van der Waals surface area contributed by atoms with E-state index in [9.17, 15) is 32.3 Å². The second-order valence-electron chi connectivity index (χ2n) is 13.4. The number of rotatable bonds is 6. The molecule has 3 amide bonds. The van der Waals surface area contributed by atoms with Gasteiger partial charge in [0.1, 0.15) is 5.75 Å². The van der Waals surface area contributed by atoms with Gasteiger partial charge in [0.25, 0.3) is 5.91 Å². The first-order valence-electron chi connectivity index (χ1n) is 16.5. The number of carbonyl (C=O) groups is 3. The number of ether oxygens (including phenoxy) is 1. The molecule has 9 rings (SSSR count). The van der Waals surface area contributed by atoms with Crippen molar-refractivity contribution in [2.24, 2.45) is 29.6 Å². The number of thiazole rings is 1. The molecule has 7 atom stereocenters. The monoisotopic (exact) mass is 727 g/mol. The van der Waals surface area contributed by atoms with Crippen molar-refractivity contribution < 1.29 is 32.3 Å². The van der Waals surface area contributed by atoms with Gasteiger partial charge in [-0.2, -0.15) is 13.2 Å². The summed E-state index contributed by atoms with van der Waals surface area (Å²) in [6.45, 7) is -0.276. The van der Waals surface area contributed by atoms with Crippen LogP contribution in [0.4, 0.5) is 24.5 Å². The minimum Gasteiger partial charge on any atom is -0.483 e. The number of H-pyrrole nitrogens is 1. The minimum absolute atomic E-state index is 0.0789. The standard InChI is InChI=1S/C38H28F3N3O5S2/c39-38(40,41)19-9-6-10-20(15-19)44-35(46)30-23-16-24(31(30)36(44)47)32-29(23)28(33-34(50-32)43-37(48)51-33)22-12-3-4-14-26(22)49-17-27(45)42-25-13-5-8-18-7-1-2-11-21(18)25/h1-15,23-24,28-32H,16-17H2,(H,42,45)(H,43,48)/t23-,24-,28+,29-,30+,31+,32-/m1/s1. The number of aromatic nitrogens is 1. The molecule has 0 unspecified atom stereocenters. The van der Waals surface area contributed by atoms with Crippen molar-refractivity contribution in [2.45, 2.75) is 28.8 Å². The van der Waals surface area contributed by atoms with Crippen LogP contribution in [0.1, 0.15) is 28.3 Å². The number of carbonyl (C=O) groups excluding carboxylic acids is 3. The van der Waals surface area contributed by atoms with Gasteiger partial charge in [0, 0.05) is 32.7 Å².